The van der Waals surface area contributed by atoms with Crippen molar-refractivity contribution >= 4 is 17.7 Å². The second-order valence-electron chi connectivity index (χ2n) is 5.46. The van der Waals surface area contributed by atoms with Crippen molar-refractivity contribution in [1.29, 1.82) is 0 Å². The van der Waals surface area contributed by atoms with Gasteiger partial charge in [-0.2, -0.15) is 28.1 Å². The van der Waals surface area contributed by atoms with E-state index in [1.165, 1.54) is 14.2 Å². The lowest BCUT2D eigenvalue weighted by molar-refractivity contribution is -0.141. The van der Waals surface area contributed by atoms with E-state index in [9.17, 15) is 18.3 Å². The molecule has 0 aromatic carbocycles. The molecule has 0 aliphatic carbocycles. The summed E-state index contributed by atoms with van der Waals surface area (Å²) in [5.41, 5.74) is -1.27. The first kappa shape index (κ1) is 20.2. The zero-order valence-corrected chi connectivity index (χ0v) is 15.7. The Labute approximate surface area is 161 Å². The van der Waals surface area contributed by atoms with E-state index in [0.29, 0.717) is 50.1 Å². The van der Waals surface area contributed by atoms with Crippen LogP contribution in [0.4, 0.5) is 19.1 Å². The molecule has 28 heavy (non-hydrogen) atoms. The van der Waals surface area contributed by atoms with Gasteiger partial charge in [0, 0.05) is 19.2 Å². The van der Waals surface area contributed by atoms with E-state index in [0.717, 1.165) is 0 Å². The van der Waals surface area contributed by atoms with Crippen molar-refractivity contribution in [2.45, 2.75) is 16.2 Å². The summed E-state index contributed by atoms with van der Waals surface area (Å²) in [5.74, 6) is -0.305. The first-order valence-corrected chi connectivity index (χ1v) is 8.79. The lowest BCUT2D eigenvalue weighted by Crippen LogP contribution is -2.37. The molecule has 0 unspecified atom stereocenters. The van der Waals surface area contributed by atoms with E-state index in [1.807, 2.05) is 4.90 Å². The molecule has 0 radical (unpaired) electrons. The molecule has 0 saturated carbocycles. The third kappa shape index (κ3) is 4.47. The Hall–Kier alpha value is -2.54. The second-order valence-corrected chi connectivity index (χ2v) is 6.44. The van der Waals surface area contributed by atoms with Gasteiger partial charge in [-0.25, -0.2) is 4.98 Å². The fourth-order valence-electron chi connectivity index (χ4n) is 2.36. The number of ether oxygens (including phenoxy) is 3. The van der Waals surface area contributed by atoms with Gasteiger partial charge in [-0.15, -0.1) is 0 Å². The van der Waals surface area contributed by atoms with Crippen LogP contribution >= 0.6 is 11.8 Å². The van der Waals surface area contributed by atoms with E-state index >= 15 is 0 Å². The van der Waals surface area contributed by atoms with Crippen LogP contribution in [-0.4, -0.2) is 65.6 Å². The van der Waals surface area contributed by atoms with Gasteiger partial charge in [-0.3, -0.25) is 0 Å². The summed E-state index contributed by atoms with van der Waals surface area (Å²) in [6, 6.07) is 0.441. The molecule has 3 rings (SSSR count). The van der Waals surface area contributed by atoms with Gasteiger partial charge in [0.15, 0.2) is 10.9 Å². The highest BCUT2D eigenvalue weighted by Gasteiger charge is 2.34. The quantitative estimate of drug-likeness (QED) is 0.724. The number of aromatic nitrogens is 4. The molecule has 0 atom stereocenters. The molecular formula is C15H16F3N5O4S. The number of alkyl halides is 3. The van der Waals surface area contributed by atoms with E-state index in [1.54, 1.807) is 0 Å². The third-order valence-corrected chi connectivity index (χ3v) is 4.57. The summed E-state index contributed by atoms with van der Waals surface area (Å²) < 4.78 is 54.6. The zero-order valence-electron chi connectivity index (χ0n) is 14.9. The molecule has 9 nitrogen and oxygen atoms in total. The second kappa shape index (κ2) is 8.22. The topological polar surface area (TPSA) is 103 Å². The largest absolute Gasteiger partial charge is 0.493 e. The summed E-state index contributed by atoms with van der Waals surface area (Å²) in [6.07, 6.45) is -4.74. The molecule has 2 aromatic rings. The molecule has 0 amide bonds. The highest BCUT2D eigenvalue weighted by molar-refractivity contribution is 7.99. The number of nitrogens with zero attached hydrogens (tertiary/aromatic N) is 5. The van der Waals surface area contributed by atoms with Crippen LogP contribution in [0.15, 0.2) is 16.1 Å². The van der Waals surface area contributed by atoms with E-state index in [2.05, 4.69) is 19.9 Å². The van der Waals surface area contributed by atoms with Crippen molar-refractivity contribution in [2.75, 3.05) is 45.4 Å². The van der Waals surface area contributed by atoms with Crippen molar-refractivity contribution in [3.63, 3.8) is 0 Å². The van der Waals surface area contributed by atoms with Crippen LogP contribution in [0.3, 0.4) is 0 Å². The van der Waals surface area contributed by atoms with Crippen molar-refractivity contribution in [3.05, 3.63) is 11.8 Å². The first-order valence-electron chi connectivity index (χ1n) is 7.97. The maximum atomic E-state index is 12.9. The minimum Gasteiger partial charge on any atom is -0.493 e. The monoisotopic (exact) mass is 419 g/mol. The highest BCUT2D eigenvalue weighted by Crippen LogP contribution is 2.41. The van der Waals surface area contributed by atoms with Gasteiger partial charge >= 0.3 is 6.18 Å². The molecule has 1 saturated heterocycles. The van der Waals surface area contributed by atoms with Gasteiger partial charge in [0.2, 0.25) is 23.6 Å². The van der Waals surface area contributed by atoms with Crippen molar-refractivity contribution in [2.24, 2.45) is 0 Å². The molecule has 1 aliphatic rings. The van der Waals surface area contributed by atoms with E-state index in [4.69, 9.17) is 14.2 Å². The van der Waals surface area contributed by atoms with Crippen LogP contribution in [-0.2, 0) is 10.9 Å². The Morgan fingerprint density at radius 3 is 2.21 bits per heavy atom. The summed E-state index contributed by atoms with van der Waals surface area (Å²) >= 11 is 0.689. The molecule has 13 heteroatoms. The minimum atomic E-state index is -4.74. The van der Waals surface area contributed by atoms with Crippen LogP contribution in [0, 0.1) is 0 Å². The Kier molecular flexibility index (Phi) is 5.93. The molecule has 2 aromatic heterocycles. The standard InChI is InChI=1S/C15H16F3N5O4S/c1-25-11-10(28-14-19-8(15(16,17)18)7-9(24)20-14)12(26-2)22-13(21-11)23-3-5-27-6-4-23/h7H,3-6H2,1-2H3,(H,19,20,24). The number of rotatable bonds is 5. The predicted molar refractivity (Wildman–Crippen MR) is 91.0 cm³/mol. The molecule has 1 N–H and O–H groups in total. The van der Waals surface area contributed by atoms with Crippen molar-refractivity contribution in [3.8, 4) is 17.6 Å². The van der Waals surface area contributed by atoms with Crippen LogP contribution in [0.1, 0.15) is 5.69 Å². The molecule has 0 spiro atoms. The molecule has 3 heterocycles. The molecule has 152 valence electrons. The van der Waals surface area contributed by atoms with Crippen LogP contribution in [0.5, 0.6) is 17.6 Å². The Morgan fingerprint density at radius 2 is 1.68 bits per heavy atom. The minimum absolute atomic E-state index is 0.0823. The van der Waals surface area contributed by atoms with Crippen LogP contribution in [0.2, 0.25) is 0 Å². The lowest BCUT2D eigenvalue weighted by atomic mass is 10.4. The number of hydrogen-bond acceptors (Lipinski definition) is 10. The summed E-state index contributed by atoms with van der Waals surface area (Å²) in [6.45, 7) is 2.18. The van der Waals surface area contributed by atoms with Gasteiger partial charge in [0.1, 0.15) is 4.90 Å². The summed E-state index contributed by atoms with van der Waals surface area (Å²) in [7, 11) is 2.72. The van der Waals surface area contributed by atoms with E-state index < -0.39 is 17.8 Å². The smallest absolute Gasteiger partial charge is 0.433 e. The zero-order chi connectivity index (χ0) is 20.3. The van der Waals surface area contributed by atoms with Crippen molar-refractivity contribution in [1.82, 2.24) is 19.9 Å². The fraction of sp³-hybridized carbons (Fsp3) is 0.467. The highest BCUT2D eigenvalue weighted by atomic mass is 32.2. The Morgan fingerprint density at radius 1 is 1.07 bits per heavy atom. The summed E-state index contributed by atoms with van der Waals surface area (Å²) in [5, 5.41) is 9.17. The maximum Gasteiger partial charge on any atom is 0.433 e. The number of anilines is 1. The van der Waals surface area contributed by atoms with Crippen molar-refractivity contribution < 1.29 is 32.5 Å². The van der Waals surface area contributed by atoms with Gasteiger partial charge < -0.3 is 24.2 Å². The van der Waals surface area contributed by atoms with Gasteiger partial charge in [0.25, 0.3) is 0 Å². The number of aromatic hydroxyl groups is 1. The first-order chi connectivity index (χ1) is 13.3. The number of morpholine rings is 1. The van der Waals surface area contributed by atoms with Gasteiger partial charge in [0.05, 0.1) is 27.4 Å². The normalized spacial score (nSPS) is 14.8. The van der Waals surface area contributed by atoms with Crippen LogP contribution < -0.4 is 14.4 Å². The number of halogens is 3. The maximum absolute atomic E-state index is 12.9. The lowest BCUT2D eigenvalue weighted by Gasteiger charge is -2.27. The average molecular weight is 419 g/mol. The SMILES string of the molecule is COc1nc(N2CCOCC2)nc(OC)c1Sc1nc(O)cc(C(F)(F)F)n1. The fourth-order valence-corrected chi connectivity index (χ4v) is 3.26. The third-order valence-electron chi connectivity index (χ3n) is 3.65. The van der Waals surface area contributed by atoms with Gasteiger partial charge in [-0.1, -0.05) is 0 Å². The Bertz CT molecular complexity index is 824. The Balaban J connectivity index is 1.98. The van der Waals surface area contributed by atoms with Crippen LogP contribution in [0.25, 0.3) is 0 Å². The average Bonchev–Trinajstić information content (AvgIpc) is 2.67. The number of methoxy groups -OCH3 is 2. The van der Waals surface area contributed by atoms with Gasteiger partial charge in [-0.05, 0) is 11.8 Å². The molecule has 1 aliphatic heterocycles. The molecule has 0 bridgehead atoms. The summed E-state index contributed by atoms with van der Waals surface area (Å²) in [4.78, 5) is 17.7. The predicted octanol–water partition coefficient (Wildman–Crippen LogP) is 2.00. The van der Waals surface area contributed by atoms with E-state index in [-0.39, 0.29) is 21.8 Å². The molecule has 1 fully saturated rings. The molecular weight excluding hydrogens is 403 g/mol. The number of hydrogen-bond donors (Lipinski definition) is 1.